The van der Waals surface area contributed by atoms with E-state index >= 15 is 0 Å². The molecule has 2 unspecified atom stereocenters. The van der Waals surface area contributed by atoms with Crippen LogP contribution in [0, 0.1) is 11.8 Å². The molecule has 18 heavy (non-hydrogen) atoms. The van der Waals surface area contributed by atoms with Gasteiger partial charge in [-0.3, -0.25) is 9.59 Å². The summed E-state index contributed by atoms with van der Waals surface area (Å²) < 4.78 is 0.538. The van der Waals surface area contributed by atoms with Gasteiger partial charge in [-0.25, -0.2) is 9.69 Å². The van der Waals surface area contributed by atoms with Crippen LogP contribution in [0.3, 0.4) is 0 Å². The number of carboxylic acids is 1. The Morgan fingerprint density at radius 3 is 2.44 bits per heavy atom. The maximum absolute atomic E-state index is 11.9. The van der Waals surface area contributed by atoms with Crippen molar-refractivity contribution in [2.75, 3.05) is 4.90 Å². The van der Waals surface area contributed by atoms with Crippen molar-refractivity contribution < 1.29 is 19.5 Å². The Kier molecular flexibility index (Phi) is 2.31. The lowest BCUT2D eigenvalue weighted by Gasteiger charge is -2.18. The van der Waals surface area contributed by atoms with E-state index in [1.807, 2.05) is 0 Å². The topological polar surface area (TPSA) is 74.7 Å². The first-order valence-corrected chi connectivity index (χ1v) is 6.20. The van der Waals surface area contributed by atoms with E-state index in [4.69, 9.17) is 5.11 Å². The number of piperidine rings is 1. The number of rotatable bonds is 2. The molecular weight excluding hydrogens is 302 g/mol. The van der Waals surface area contributed by atoms with Crippen molar-refractivity contribution in [3.63, 3.8) is 0 Å². The van der Waals surface area contributed by atoms with Gasteiger partial charge in [0.05, 0.1) is 23.1 Å². The second-order valence-corrected chi connectivity index (χ2v) is 5.29. The van der Waals surface area contributed by atoms with Crippen LogP contribution in [0.1, 0.15) is 16.8 Å². The summed E-state index contributed by atoms with van der Waals surface area (Å²) in [5, 5.41) is 8.93. The molecule has 1 aromatic rings. The number of carbonyl (C=O) groups excluding carboxylic acids is 2. The molecule has 2 fully saturated rings. The van der Waals surface area contributed by atoms with Gasteiger partial charge in [0.2, 0.25) is 11.8 Å². The van der Waals surface area contributed by atoms with Crippen molar-refractivity contribution in [3.8, 4) is 0 Å². The predicted octanol–water partition coefficient (Wildman–Crippen LogP) is 1.66. The highest BCUT2D eigenvalue weighted by Gasteiger charge is 2.59. The van der Waals surface area contributed by atoms with Crippen LogP contribution >= 0.6 is 15.9 Å². The molecule has 3 rings (SSSR count). The number of halogens is 1. The maximum atomic E-state index is 11.9. The van der Waals surface area contributed by atoms with Gasteiger partial charge in [0.1, 0.15) is 0 Å². The third kappa shape index (κ3) is 1.49. The summed E-state index contributed by atoms with van der Waals surface area (Å²) in [6, 6.07) is 4.29. The highest BCUT2D eigenvalue weighted by molar-refractivity contribution is 9.10. The van der Waals surface area contributed by atoms with Crippen LogP contribution in [-0.2, 0) is 9.59 Å². The van der Waals surface area contributed by atoms with Gasteiger partial charge in [-0.1, -0.05) is 0 Å². The summed E-state index contributed by atoms with van der Waals surface area (Å²) in [5.41, 5.74) is 0.367. The molecule has 0 radical (unpaired) electrons. The molecule has 0 bridgehead atoms. The monoisotopic (exact) mass is 309 g/mol. The van der Waals surface area contributed by atoms with E-state index in [0.717, 1.165) is 4.90 Å². The molecule has 6 heteroatoms. The van der Waals surface area contributed by atoms with Crippen molar-refractivity contribution in [2.24, 2.45) is 11.8 Å². The molecule has 2 amide bonds. The zero-order valence-corrected chi connectivity index (χ0v) is 10.7. The number of hydrogen-bond donors (Lipinski definition) is 1. The molecule has 1 aliphatic heterocycles. The lowest BCUT2D eigenvalue weighted by Crippen LogP contribution is -2.33. The molecule has 92 valence electrons. The van der Waals surface area contributed by atoms with Crippen LogP contribution in [-0.4, -0.2) is 22.9 Å². The number of nitrogens with zero attached hydrogens (tertiary/aromatic N) is 1. The second kappa shape index (κ2) is 3.65. The van der Waals surface area contributed by atoms with Crippen LogP contribution in [0.25, 0.3) is 0 Å². The van der Waals surface area contributed by atoms with Gasteiger partial charge in [0.15, 0.2) is 0 Å². The molecule has 5 nitrogen and oxygen atoms in total. The Balaban J connectivity index is 2.06. The van der Waals surface area contributed by atoms with E-state index in [1.54, 1.807) is 0 Å². The van der Waals surface area contributed by atoms with Crippen molar-refractivity contribution in [3.05, 3.63) is 28.2 Å². The molecule has 1 N–H and O–H groups in total. The smallest absolute Gasteiger partial charge is 0.335 e. The van der Waals surface area contributed by atoms with Gasteiger partial charge in [0, 0.05) is 4.47 Å². The van der Waals surface area contributed by atoms with E-state index in [-0.39, 0.29) is 29.2 Å². The number of aromatic carboxylic acids is 1. The lowest BCUT2D eigenvalue weighted by molar-refractivity contribution is -0.123. The molecule has 0 aromatic heterocycles. The molecule has 0 spiro atoms. The zero-order chi connectivity index (χ0) is 13.0. The summed E-state index contributed by atoms with van der Waals surface area (Å²) in [6.07, 6.45) is 0.629. The third-order valence-electron chi connectivity index (χ3n) is 3.30. The van der Waals surface area contributed by atoms with E-state index in [0.29, 0.717) is 16.6 Å². The average Bonchev–Trinajstić information content (AvgIpc) is 3.06. The van der Waals surface area contributed by atoms with E-state index < -0.39 is 5.97 Å². The number of imide groups is 1. The van der Waals surface area contributed by atoms with E-state index in [9.17, 15) is 14.4 Å². The minimum atomic E-state index is -1.09. The first kappa shape index (κ1) is 11.4. The zero-order valence-electron chi connectivity index (χ0n) is 9.09. The molecule has 1 saturated carbocycles. The molecule has 1 aromatic carbocycles. The normalized spacial score (nSPS) is 25.3. The van der Waals surface area contributed by atoms with Crippen LogP contribution in [0.15, 0.2) is 22.7 Å². The van der Waals surface area contributed by atoms with Gasteiger partial charge >= 0.3 is 5.97 Å². The summed E-state index contributed by atoms with van der Waals surface area (Å²) in [5.74, 6) is -1.94. The highest BCUT2D eigenvalue weighted by atomic mass is 79.9. The molecule has 1 saturated heterocycles. The summed E-state index contributed by atoms with van der Waals surface area (Å²) in [4.78, 5) is 35.9. The fourth-order valence-electron chi connectivity index (χ4n) is 2.24. The van der Waals surface area contributed by atoms with Crippen molar-refractivity contribution in [1.82, 2.24) is 0 Å². The number of fused-ring (bicyclic) bond motifs is 1. The second-order valence-electron chi connectivity index (χ2n) is 4.43. The Morgan fingerprint density at radius 2 is 1.89 bits per heavy atom. The quantitative estimate of drug-likeness (QED) is 0.843. The Morgan fingerprint density at radius 1 is 1.28 bits per heavy atom. The number of anilines is 1. The molecule has 2 atom stereocenters. The van der Waals surface area contributed by atoms with E-state index in [2.05, 4.69) is 15.9 Å². The molecular formula is C12H8BrNO4. The Hall–Kier alpha value is -1.69. The minimum Gasteiger partial charge on any atom is -0.478 e. The fourth-order valence-corrected chi connectivity index (χ4v) is 2.66. The maximum Gasteiger partial charge on any atom is 0.335 e. The van der Waals surface area contributed by atoms with Crippen LogP contribution in [0.5, 0.6) is 0 Å². The predicted molar refractivity (Wildman–Crippen MR) is 65.2 cm³/mol. The number of amides is 2. The lowest BCUT2D eigenvalue weighted by atomic mass is 10.2. The Bertz CT molecular complexity index is 578. The minimum absolute atomic E-state index is 0.0503. The number of hydrogen-bond acceptors (Lipinski definition) is 3. The summed E-state index contributed by atoms with van der Waals surface area (Å²) >= 11 is 3.24. The van der Waals surface area contributed by atoms with Gasteiger partial charge in [-0.15, -0.1) is 0 Å². The highest BCUT2D eigenvalue weighted by Crippen LogP contribution is 2.49. The number of benzene rings is 1. The first-order valence-electron chi connectivity index (χ1n) is 5.41. The molecule has 2 aliphatic rings. The Labute approximate surface area is 111 Å². The third-order valence-corrected chi connectivity index (χ3v) is 3.97. The van der Waals surface area contributed by atoms with Gasteiger partial charge in [-0.2, -0.15) is 0 Å². The summed E-state index contributed by atoms with van der Waals surface area (Å²) in [6.45, 7) is 0. The van der Waals surface area contributed by atoms with Crippen LogP contribution in [0.2, 0.25) is 0 Å². The number of carboxylic acid groups (broad SMARTS) is 1. The van der Waals surface area contributed by atoms with Crippen molar-refractivity contribution in [2.45, 2.75) is 6.42 Å². The SMILES string of the molecule is O=C(O)c1ccc(Br)c(N2C(=O)C3CC3C2=O)c1. The molecule has 1 heterocycles. The van der Waals surface area contributed by atoms with Gasteiger partial charge in [0.25, 0.3) is 0 Å². The first-order chi connectivity index (χ1) is 8.50. The van der Waals surface area contributed by atoms with Gasteiger partial charge < -0.3 is 5.11 Å². The summed E-state index contributed by atoms with van der Waals surface area (Å²) in [7, 11) is 0. The standard InChI is InChI=1S/C12H8BrNO4/c13-8-2-1-5(12(17)18)3-9(8)14-10(15)6-4-7(6)11(14)16/h1-3,6-7H,4H2,(H,17,18). The van der Waals surface area contributed by atoms with Crippen LogP contribution in [0.4, 0.5) is 5.69 Å². The molecule has 1 aliphatic carbocycles. The van der Waals surface area contributed by atoms with Gasteiger partial charge in [-0.05, 0) is 40.5 Å². The number of carbonyl (C=O) groups is 3. The van der Waals surface area contributed by atoms with E-state index in [1.165, 1.54) is 18.2 Å². The average molecular weight is 310 g/mol. The van der Waals surface area contributed by atoms with Crippen molar-refractivity contribution in [1.29, 1.82) is 0 Å². The van der Waals surface area contributed by atoms with Crippen LogP contribution < -0.4 is 4.90 Å². The van der Waals surface area contributed by atoms with Crippen molar-refractivity contribution >= 4 is 39.4 Å². The largest absolute Gasteiger partial charge is 0.478 e. The fraction of sp³-hybridized carbons (Fsp3) is 0.250.